The first kappa shape index (κ1) is 16.0. The van der Waals surface area contributed by atoms with E-state index in [0.717, 1.165) is 0 Å². The van der Waals surface area contributed by atoms with E-state index in [4.69, 9.17) is 15.2 Å². The van der Waals surface area contributed by atoms with Gasteiger partial charge in [0.1, 0.15) is 12.3 Å². The number of oxime groups is 1. The Kier molecular flexibility index (Phi) is 3.22. The van der Waals surface area contributed by atoms with Crippen LogP contribution in [0.15, 0.2) is 16.4 Å². The fourth-order valence-electron chi connectivity index (χ4n) is 4.51. The quantitative estimate of drug-likeness (QED) is 0.318. The molecule has 0 aromatic rings. The molecule has 0 aromatic heterocycles. The molecular formula is C15H18N4O6. The monoisotopic (exact) mass is 350 g/mol. The Balaban J connectivity index is 1.86. The number of nitrogens with one attached hydrogen (secondary N) is 1. The van der Waals surface area contributed by atoms with E-state index in [1.54, 1.807) is 4.90 Å². The number of carbonyl (C=O) groups excluding carboxylic acids is 3. The molecule has 0 bridgehead atoms. The molecule has 0 spiro atoms. The lowest BCUT2D eigenvalue weighted by Crippen LogP contribution is -2.55. The van der Waals surface area contributed by atoms with Crippen LogP contribution in [0.2, 0.25) is 0 Å². The van der Waals surface area contributed by atoms with E-state index in [9.17, 15) is 19.6 Å². The maximum Gasteiger partial charge on any atom is 0.404 e. The van der Waals surface area contributed by atoms with Crippen LogP contribution in [0.25, 0.3) is 0 Å². The van der Waals surface area contributed by atoms with Crippen LogP contribution in [0.1, 0.15) is 6.92 Å². The Morgan fingerprint density at radius 3 is 2.84 bits per heavy atom. The summed E-state index contributed by atoms with van der Waals surface area (Å²) in [7, 11) is 1.49. The highest BCUT2D eigenvalue weighted by Gasteiger charge is 2.73. The minimum absolute atomic E-state index is 0.102. The highest BCUT2D eigenvalue weighted by Crippen LogP contribution is 2.55. The van der Waals surface area contributed by atoms with Crippen LogP contribution in [0.4, 0.5) is 4.79 Å². The summed E-state index contributed by atoms with van der Waals surface area (Å²) >= 11 is 0. The van der Waals surface area contributed by atoms with Crippen molar-refractivity contribution < 1.29 is 29.1 Å². The zero-order valence-electron chi connectivity index (χ0n) is 13.7. The average molecular weight is 350 g/mol. The molecule has 0 aromatic carbocycles. The molecule has 2 saturated heterocycles. The number of allylic oxidation sites excluding steroid dienone is 1. The maximum atomic E-state index is 12.9. The molecule has 1 amide bonds. The van der Waals surface area contributed by atoms with Gasteiger partial charge in [0.25, 0.3) is 0 Å². The SMILES string of the molecule is CO[C@@]12[C@H](COC(N)=O)C3=C(C(=O)C(C)/C(=N/O)C3=O)N1C[C@@H]1N[C@@H]12. The number of carbonyl (C=O) groups is 3. The zero-order valence-corrected chi connectivity index (χ0v) is 13.7. The fourth-order valence-corrected chi connectivity index (χ4v) is 4.51. The fraction of sp³-hybridized carbons (Fsp3) is 0.600. The Morgan fingerprint density at radius 2 is 2.24 bits per heavy atom. The van der Waals surface area contributed by atoms with Crippen molar-refractivity contribution in [3.05, 3.63) is 11.3 Å². The molecule has 5 atom stereocenters. The molecule has 4 rings (SSSR count). The van der Waals surface area contributed by atoms with Gasteiger partial charge in [0.15, 0.2) is 11.5 Å². The van der Waals surface area contributed by atoms with Crippen LogP contribution >= 0.6 is 0 Å². The lowest BCUT2D eigenvalue weighted by atomic mass is 9.79. The summed E-state index contributed by atoms with van der Waals surface area (Å²) in [6.45, 7) is 1.81. The van der Waals surface area contributed by atoms with Crippen molar-refractivity contribution in [3.63, 3.8) is 0 Å². The van der Waals surface area contributed by atoms with E-state index in [-0.39, 0.29) is 41.5 Å². The number of nitrogens with zero attached hydrogens (tertiary/aromatic N) is 2. The number of rotatable bonds is 3. The first-order valence-corrected chi connectivity index (χ1v) is 7.94. The molecule has 4 N–H and O–H groups in total. The Bertz CT molecular complexity index is 761. The number of hydrogen-bond acceptors (Lipinski definition) is 9. The van der Waals surface area contributed by atoms with Crippen molar-refractivity contribution >= 4 is 23.4 Å². The second-order valence-corrected chi connectivity index (χ2v) is 6.66. The van der Waals surface area contributed by atoms with Gasteiger partial charge < -0.3 is 30.6 Å². The number of ether oxygens (including phenoxy) is 2. The Labute approximate surface area is 142 Å². The van der Waals surface area contributed by atoms with Crippen molar-refractivity contribution in [1.82, 2.24) is 10.2 Å². The predicted octanol–water partition coefficient (Wildman–Crippen LogP) is -1.42. The van der Waals surface area contributed by atoms with Crippen LogP contribution in [0, 0.1) is 11.8 Å². The van der Waals surface area contributed by atoms with Gasteiger partial charge in [0, 0.05) is 25.3 Å². The van der Waals surface area contributed by atoms with Crippen LogP contribution in [-0.2, 0) is 19.1 Å². The van der Waals surface area contributed by atoms with Gasteiger partial charge in [-0.2, -0.15) is 0 Å². The number of amides is 1. The second-order valence-electron chi connectivity index (χ2n) is 6.66. The standard InChI is InChI=1S/C15H18N4O6/c1-5-9(18-23)12(21)8-6(4-25-14(16)22)15(24-2)13-7(17-13)3-19(15)10(8)11(5)20/h5-7,13,17,23H,3-4H2,1-2H3,(H2,16,22)/b18-9-/t5?,6-,7+,13+,15-/m1/s1. The van der Waals surface area contributed by atoms with Gasteiger partial charge in [-0.1, -0.05) is 5.16 Å². The van der Waals surface area contributed by atoms with Crippen molar-refractivity contribution in [1.29, 1.82) is 0 Å². The molecule has 10 nitrogen and oxygen atoms in total. The molecule has 134 valence electrons. The summed E-state index contributed by atoms with van der Waals surface area (Å²) < 4.78 is 10.8. The van der Waals surface area contributed by atoms with Crippen molar-refractivity contribution in [3.8, 4) is 0 Å². The predicted molar refractivity (Wildman–Crippen MR) is 81.6 cm³/mol. The molecule has 4 aliphatic rings. The molecule has 3 heterocycles. The van der Waals surface area contributed by atoms with Gasteiger partial charge >= 0.3 is 6.09 Å². The maximum absolute atomic E-state index is 12.9. The van der Waals surface area contributed by atoms with E-state index in [0.29, 0.717) is 6.54 Å². The summed E-state index contributed by atoms with van der Waals surface area (Å²) in [5.74, 6) is -2.42. The average Bonchev–Trinajstić information content (AvgIpc) is 3.18. The number of hydrogen-bond donors (Lipinski definition) is 3. The minimum Gasteiger partial charge on any atom is -0.449 e. The minimum atomic E-state index is -1.01. The van der Waals surface area contributed by atoms with E-state index in [2.05, 4.69) is 10.5 Å². The zero-order chi connectivity index (χ0) is 18.1. The molecule has 1 aliphatic carbocycles. The molecule has 0 radical (unpaired) electrons. The third-order valence-corrected chi connectivity index (χ3v) is 5.65. The van der Waals surface area contributed by atoms with Crippen LogP contribution in [0.5, 0.6) is 0 Å². The summed E-state index contributed by atoms with van der Waals surface area (Å²) in [6.07, 6.45) is -0.982. The van der Waals surface area contributed by atoms with Gasteiger partial charge in [-0.25, -0.2) is 4.79 Å². The third-order valence-electron chi connectivity index (χ3n) is 5.65. The van der Waals surface area contributed by atoms with Gasteiger partial charge in [-0.15, -0.1) is 0 Å². The van der Waals surface area contributed by atoms with Crippen molar-refractivity contribution in [2.24, 2.45) is 22.7 Å². The summed E-state index contributed by atoms with van der Waals surface area (Å²) in [5, 5.41) is 15.5. The Hall–Kier alpha value is -2.46. The summed E-state index contributed by atoms with van der Waals surface area (Å²) in [5.41, 5.74) is 4.27. The normalized spacial score (nSPS) is 40.2. The highest BCUT2D eigenvalue weighted by atomic mass is 16.6. The number of ketones is 2. The molecule has 25 heavy (non-hydrogen) atoms. The first-order chi connectivity index (χ1) is 11.9. The van der Waals surface area contributed by atoms with Gasteiger partial charge in [-0.3, -0.25) is 9.59 Å². The smallest absolute Gasteiger partial charge is 0.404 e. The van der Waals surface area contributed by atoms with E-state index in [1.807, 2.05) is 0 Å². The highest BCUT2D eigenvalue weighted by molar-refractivity contribution is 6.53. The second kappa shape index (κ2) is 5.02. The van der Waals surface area contributed by atoms with E-state index >= 15 is 0 Å². The number of methoxy groups -OCH3 is 1. The van der Waals surface area contributed by atoms with E-state index < -0.39 is 29.4 Å². The first-order valence-electron chi connectivity index (χ1n) is 7.94. The van der Waals surface area contributed by atoms with Crippen molar-refractivity contribution in [2.45, 2.75) is 24.7 Å². The number of piperazine rings is 1. The number of primary amides is 1. The third kappa shape index (κ3) is 1.80. The summed E-state index contributed by atoms with van der Waals surface area (Å²) in [6, 6.07) is 0.0335. The number of Topliss-reactive ketones (excluding diaryl/α,β-unsaturated/α-hetero) is 2. The Morgan fingerprint density at radius 1 is 1.52 bits per heavy atom. The van der Waals surface area contributed by atoms with Crippen molar-refractivity contribution in [2.75, 3.05) is 20.3 Å². The topological polar surface area (TPSA) is 153 Å². The van der Waals surface area contributed by atoms with Crippen LogP contribution in [-0.4, -0.2) is 71.5 Å². The summed E-state index contributed by atoms with van der Waals surface area (Å²) in [4.78, 5) is 38.7. The number of fused-ring (bicyclic) bond motifs is 4. The lowest BCUT2D eigenvalue weighted by molar-refractivity contribution is -0.138. The molecule has 1 unspecified atom stereocenters. The van der Waals surface area contributed by atoms with Crippen LogP contribution < -0.4 is 11.1 Å². The molecule has 3 aliphatic heterocycles. The molecular weight excluding hydrogens is 332 g/mol. The molecule has 10 heteroatoms. The molecule has 2 fully saturated rings. The molecule has 0 saturated carbocycles. The number of nitrogens with two attached hydrogens (primary N) is 1. The van der Waals surface area contributed by atoms with E-state index in [1.165, 1.54) is 14.0 Å². The van der Waals surface area contributed by atoms with Gasteiger partial charge in [0.05, 0.1) is 23.6 Å². The van der Waals surface area contributed by atoms with Crippen LogP contribution in [0.3, 0.4) is 0 Å². The van der Waals surface area contributed by atoms with Gasteiger partial charge in [0.2, 0.25) is 5.78 Å². The largest absolute Gasteiger partial charge is 0.449 e. The lowest BCUT2D eigenvalue weighted by Gasteiger charge is -2.39. The van der Waals surface area contributed by atoms with Gasteiger partial charge in [-0.05, 0) is 6.92 Å².